The smallest absolute Gasteiger partial charge is 0.159 e. The topological polar surface area (TPSA) is 17.1 Å². The van der Waals surface area contributed by atoms with Gasteiger partial charge in [-0.2, -0.15) is 0 Å². The third kappa shape index (κ3) is 3.31. The highest BCUT2D eigenvalue weighted by Crippen LogP contribution is 2.38. The first-order chi connectivity index (χ1) is 7.96. The highest BCUT2D eigenvalue weighted by molar-refractivity contribution is 5.93. The lowest BCUT2D eigenvalue weighted by Gasteiger charge is -2.30. The number of ketones is 1. The van der Waals surface area contributed by atoms with Gasteiger partial charge >= 0.3 is 0 Å². The molecule has 0 radical (unpaired) electrons. The number of carbonyl (C=O) groups is 1. The van der Waals surface area contributed by atoms with E-state index in [-0.39, 0.29) is 0 Å². The Hall–Kier alpha value is -0.850. The Morgan fingerprint density at radius 2 is 1.94 bits per heavy atom. The summed E-state index contributed by atoms with van der Waals surface area (Å²) in [5, 5.41) is 0. The van der Waals surface area contributed by atoms with Crippen LogP contribution in [0.25, 0.3) is 0 Å². The zero-order valence-electron chi connectivity index (χ0n) is 11.4. The molecule has 2 rings (SSSR count). The first kappa shape index (κ1) is 12.6. The second-order valence-corrected chi connectivity index (χ2v) is 6.61. The lowest BCUT2D eigenvalue weighted by atomic mass is 9.75. The molecule has 0 unspecified atom stereocenters. The van der Waals surface area contributed by atoms with Crippen LogP contribution in [0.1, 0.15) is 59.3 Å². The molecule has 1 fully saturated rings. The van der Waals surface area contributed by atoms with Crippen molar-refractivity contribution in [2.24, 2.45) is 11.3 Å². The largest absolute Gasteiger partial charge is 0.295 e. The van der Waals surface area contributed by atoms with Gasteiger partial charge in [0.05, 0.1) is 0 Å². The number of allylic oxidation sites excluding steroid dienone is 4. The Labute approximate surface area is 105 Å². The van der Waals surface area contributed by atoms with Crippen molar-refractivity contribution in [1.82, 2.24) is 0 Å². The third-order valence-electron chi connectivity index (χ3n) is 3.96. The minimum absolute atomic E-state index is 0.320. The number of hydrogen-bond donors (Lipinski definition) is 0. The van der Waals surface area contributed by atoms with Gasteiger partial charge in [-0.3, -0.25) is 4.79 Å². The number of hydrogen-bond acceptors (Lipinski definition) is 1. The van der Waals surface area contributed by atoms with Gasteiger partial charge in [0.2, 0.25) is 0 Å². The van der Waals surface area contributed by atoms with Crippen LogP contribution in [-0.2, 0) is 4.79 Å². The maximum absolute atomic E-state index is 12.1. The summed E-state index contributed by atoms with van der Waals surface area (Å²) in [6.45, 7) is 6.75. The first-order valence-corrected chi connectivity index (χ1v) is 6.88. The molecule has 0 aromatic rings. The normalized spacial score (nSPS) is 27.2. The maximum Gasteiger partial charge on any atom is 0.159 e. The minimum Gasteiger partial charge on any atom is -0.295 e. The SMILES string of the molecule is CC1=C/C(=C\C(=O)C2CCCC2)CC(C)(C)C1. The van der Waals surface area contributed by atoms with Gasteiger partial charge in [0.25, 0.3) is 0 Å². The van der Waals surface area contributed by atoms with E-state index < -0.39 is 0 Å². The highest BCUT2D eigenvalue weighted by atomic mass is 16.1. The van der Waals surface area contributed by atoms with E-state index in [2.05, 4.69) is 26.8 Å². The van der Waals surface area contributed by atoms with Crippen molar-refractivity contribution in [3.05, 3.63) is 23.3 Å². The molecule has 0 aromatic heterocycles. The summed E-state index contributed by atoms with van der Waals surface area (Å²) in [4.78, 5) is 12.1. The molecule has 0 saturated heterocycles. The van der Waals surface area contributed by atoms with Crippen molar-refractivity contribution in [2.45, 2.75) is 59.3 Å². The van der Waals surface area contributed by atoms with E-state index in [0.29, 0.717) is 17.1 Å². The van der Waals surface area contributed by atoms with Gasteiger partial charge < -0.3 is 0 Å². The lowest BCUT2D eigenvalue weighted by molar-refractivity contribution is -0.118. The van der Waals surface area contributed by atoms with Crippen molar-refractivity contribution in [1.29, 1.82) is 0 Å². The van der Waals surface area contributed by atoms with E-state index in [1.54, 1.807) is 0 Å². The standard InChI is InChI=1S/C16H24O/c1-12-8-13(11-16(2,3)10-12)9-15(17)14-6-4-5-7-14/h8-9,14H,4-7,10-11H2,1-3H3/b13-9+. The molecule has 0 bridgehead atoms. The van der Waals surface area contributed by atoms with Gasteiger partial charge in [-0.15, -0.1) is 0 Å². The van der Waals surface area contributed by atoms with Crippen molar-refractivity contribution in [3.63, 3.8) is 0 Å². The molecule has 0 spiro atoms. The minimum atomic E-state index is 0.320. The predicted octanol–water partition coefficient (Wildman–Crippen LogP) is 4.44. The molecule has 0 atom stereocenters. The van der Waals surface area contributed by atoms with E-state index in [4.69, 9.17) is 0 Å². The van der Waals surface area contributed by atoms with Crippen LogP contribution in [0.2, 0.25) is 0 Å². The summed E-state index contributed by atoms with van der Waals surface area (Å²) in [6, 6.07) is 0. The van der Waals surface area contributed by atoms with Crippen LogP contribution >= 0.6 is 0 Å². The van der Waals surface area contributed by atoms with Gasteiger partial charge in [-0.25, -0.2) is 0 Å². The summed E-state index contributed by atoms with van der Waals surface area (Å²) < 4.78 is 0. The Bertz CT molecular complexity index is 365. The summed E-state index contributed by atoms with van der Waals surface area (Å²) >= 11 is 0. The van der Waals surface area contributed by atoms with E-state index in [9.17, 15) is 4.79 Å². The van der Waals surface area contributed by atoms with Crippen molar-refractivity contribution in [3.8, 4) is 0 Å². The zero-order valence-corrected chi connectivity index (χ0v) is 11.4. The number of rotatable bonds is 2. The Morgan fingerprint density at radius 3 is 2.53 bits per heavy atom. The van der Waals surface area contributed by atoms with E-state index >= 15 is 0 Å². The van der Waals surface area contributed by atoms with Crippen LogP contribution in [0.3, 0.4) is 0 Å². The lowest BCUT2D eigenvalue weighted by Crippen LogP contribution is -2.17. The van der Waals surface area contributed by atoms with E-state index in [1.165, 1.54) is 24.0 Å². The van der Waals surface area contributed by atoms with Gasteiger partial charge in [-0.05, 0) is 49.7 Å². The molecule has 94 valence electrons. The second kappa shape index (κ2) is 4.80. The van der Waals surface area contributed by atoms with Gasteiger partial charge in [-0.1, -0.05) is 38.3 Å². The van der Waals surface area contributed by atoms with Crippen LogP contribution in [0.4, 0.5) is 0 Å². The zero-order chi connectivity index (χ0) is 12.5. The predicted molar refractivity (Wildman–Crippen MR) is 71.8 cm³/mol. The molecule has 17 heavy (non-hydrogen) atoms. The fourth-order valence-corrected chi connectivity index (χ4v) is 3.39. The average Bonchev–Trinajstić information content (AvgIpc) is 2.65. The van der Waals surface area contributed by atoms with Crippen LogP contribution in [-0.4, -0.2) is 5.78 Å². The Kier molecular flexibility index (Phi) is 3.56. The van der Waals surface area contributed by atoms with Gasteiger partial charge in [0.1, 0.15) is 0 Å². The molecule has 1 nitrogen and oxygen atoms in total. The fourth-order valence-electron chi connectivity index (χ4n) is 3.39. The molecule has 2 aliphatic carbocycles. The molecule has 2 aliphatic rings. The van der Waals surface area contributed by atoms with E-state index in [0.717, 1.165) is 25.7 Å². The molecule has 0 amide bonds. The molecule has 0 heterocycles. The van der Waals surface area contributed by atoms with Crippen molar-refractivity contribution >= 4 is 5.78 Å². The van der Waals surface area contributed by atoms with E-state index in [1.807, 2.05) is 6.08 Å². The maximum atomic E-state index is 12.1. The molecule has 0 N–H and O–H groups in total. The van der Waals surface area contributed by atoms with Crippen molar-refractivity contribution < 1.29 is 4.79 Å². The molecular weight excluding hydrogens is 208 g/mol. The summed E-state index contributed by atoms with van der Waals surface area (Å²) in [6.07, 6.45) is 11.0. The summed E-state index contributed by atoms with van der Waals surface area (Å²) in [7, 11) is 0. The molecule has 1 heteroatoms. The second-order valence-electron chi connectivity index (χ2n) is 6.61. The summed E-state index contributed by atoms with van der Waals surface area (Å²) in [5.41, 5.74) is 2.98. The van der Waals surface area contributed by atoms with Crippen molar-refractivity contribution in [2.75, 3.05) is 0 Å². The summed E-state index contributed by atoms with van der Waals surface area (Å²) in [5.74, 6) is 0.695. The van der Waals surface area contributed by atoms with Gasteiger partial charge in [0, 0.05) is 5.92 Å². The Morgan fingerprint density at radius 1 is 1.29 bits per heavy atom. The molecule has 0 aliphatic heterocycles. The van der Waals surface area contributed by atoms with Crippen LogP contribution in [0, 0.1) is 11.3 Å². The quantitative estimate of drug-likeness (QED) is 0.643. The molecule has 0 aromatic carbocycles. The third-order valence-corrected chi connectivity index (χ3v) is 3.96. The van der Waals surface area contributed by atoms with Crippen LogP contribution in [0.5, 0.6) is 0 Å². The molecule has 1 saturated carbocycles. The van der Waals surface area contributed by atoms with Gasteiger partial charge in [0.15, 0.2) is 5.78 Å². The average molecular weight is 232 g/mol. The fraction of sp³-hybridized carbons (Fsp3) is 0.688. The Balaban J connectivity index is 2.10. The highest BCUT2D eigenvalue weighted by Gasteiger charge is 2.26. The number of carbonyl (C=O) groups excluding carboxylic acids is 1. The first-order valence-electron chi connectivity index (χ1n) is 6.88. The van der Waals surface area contributed by atoms with Crippen LogP contribution in [0.15, 0.2) is 23.3 Å². The monoisotopic (exact) mass is 232 g/mol. The van der Waals surface area contributed by atoms with Crippen LogP contribution < -0.4 is 0 Å². The molecular formula is C16H24O.